The van der Waals surface area contributed by atoms with Gasteiger partial charge >= 0.3 is 0 Å². The van der Waals surface area contributed by atoms with Crippen molar-refractivity contribution in [2.24, 2.45) is 11.8 Å². The number of rotatable bonds is 4. The Kier molecular flexibility index (Phi) is 4.87. The maximum absolute atomic E-state index is 3.53. The first kappa shape index (κ1) is 15.5. The first-order valence-corrected chi connectivity index (χ1v) is 7.89. The summed E-state index contributed by atoms with van der Waals surface area (Å²) in [6, 6.07) is 5.05. The third-order valence-electron chi connectivity index (χ3n) is 4.94. The molecule has 0 aromatic heterocycles. The van der Waals surface area contributed by atoms with Gasteiger partial charge in [-0.05, 0) is 56.3 Å². The molecule has 2 rings (SSSR count). The fraction of sp³-hybridized carbons (Fsp3) is 0.667. The first-order valence-electron chi connectivity index (χ1n) is 7.89. The molecule has 2 nitrogen and oxygen atoms in total. The van der Waals surface area contributed by atoms with Crippen LogP contribution >= 0.6 is 0 Å². The van der Waals surface area contributed by atoms with Crippen molar-refractivity contribution in [2.75, 3.05) is 26.7 Å². The molecule has 1 heterocycles. The topological polar surface area (TPSA) is 15.3 Å². The molecular formula is C18H30N2. The molecule has 112 valence electrons. The highest BCUT2D eigenvalue weighted by atomic mass is 15.2. The standard InChI is InChI=1S/C18H30N2/c1-12-7-13(2)18(14(3)8-12)17(19-6)11-20-9-15(4)16(5)10-20/h7-8,15-17,19H,9-11H2,1-6H3. The molecule has 1 N–H and O–H groups in total. The molecule has 20 heavy (non-hydrogen) atoms. The highest BCUT2D eigenvalue weighted by Crippen LogP contribution is 2.28. The monoisotopic (exact) mass is 274 g/mol. The SMILES string of the molecule is CNC(CN1CC(C)C(C)C1)c1c(C)cc(C)cc1C. The van der Waals surface area contributed by atoms with Crippen LogP contribution in [0.2, 0.25) is 0 Å². The van der Waals surface area contributed by atoms with Crippen LogP contribution in [0.15, 0.2) is 12.1 Å². The van der Waals surface area contributed by atoms with Crippen LogP contribution in [0.1, 0.15) is 42.1 Å². The Morgan fingerprint density at radius 2 is 1.60 bits per heavy atom. The molecule has 2 heteroatoms. The van der Waals surface area contributed by atoms with E-state index in [9.17, 15) is 0 Å². The molecule has 1 aliphatic rings. The lowest BCUT2D eigenvalue weighted by Crippen LogP contribution is -2.33. The maximum Gasteiger partial charge on any atom is 0.0452 e. The molecule has 1 fully saturated rings. The van der Waals surface area contributed by atoms with Gasteiger partial charge in [0, 0.05) is 25.7 Å². The molecule has 3 atom stereocenters. The minimum atomic E-state index is 0.438. The van der Waals surface area contributed by atoms with Gasteiger partial charge in [0.2, 0.25) is 0 Å². The number of nitrogens with zero attached hydrogens (tertiary/aromatic N) is 1. The van der Waals surface area contributed by atoms with E-state index in [-0.39, 0.29) is 0 Å². The number of benzene rings is 1. The molecule has 1 aliphatic heterocycles. The number of hydrogen-bond donors (Lipinski definition) is 1. The summed E-state index contributed by atoms with van der Waals surface area (Å²) in [5, 5.41) is 3.53. The van der Waals surface area contributed by atoms with E-state index in [2.05, 4.69) is 64.0 Å². The number of aryl methyl sites for hydroxylation is 3. The summed E-state index contributed by atoms with van der Waals surface area (Å²) in [6.07, 6.45) is 0. The lowest BCUT2D eigenvalue weighted by Gasteiger charge is -2.27. The minimum Gasteiger partial charge on any atom is -0.312 e. The van der Waals surface area contributed by atoms with Crippen molar-refractivity contribution in [1.82, 2.24) is 10.2 Å². The van der Waals surface area contributed by atoms with Gasteiger partial charge in [0.25, 0.3) is 0 Å². The number of nitrogens with one attached hydrogen (secondary N) is 1. The van der Waals surface area contributed by atoms with Gasteiger partial charge in [-0.1, -0.05) is 31.5 Å². The second-order valence-corrected chi connectivity index (χ2v) is 6.83. The van der Waals surface area contributed by atoms with Gasteiger partial charge in [-0.2, -0.15) is 0 Å². The highest BCUT2D eigenvalue weighted by molar-refractivity contribution is 5.39. The Morgan fingerprint density at radius 3 is 2.05 bits per heavy atom. The van der Waals surface area contributed by atoms with Gasteiger partial charge in [-0.3, -0.25) is 0 Å². The number of likely N-dealkylation sites (tertiary alicyclic amines) is 1. The zero-order valence-electron chi connectivity index (χ0n) is 14.0. The Balaban J connectivity index is 2.17. The van der Waals surface area contributed by atoms with Crippen LogP contribution in [0.4, 0.5) is 0 Å². The van der Waals surface area contributed by atoms with Crippen molar-refractivity contribution in [3.05, 3.63) is 34.4 Å². The third-order valence-corrected chi connectivity index (χ3v) is 4.94. The van der Waals surface area contributed by atoms with Crippen LogP contribution in [-0.4, -0.2) is 31.6 Å². The van der Waals surface area contributed by atoms with Crippen LogP contribution in [0, 0.1) is 32.6 Å². The van der Waals surface area contributed by atoms with E-state index < -0.39 is 0 Å². The predicted molar refractivity (Wildman–Crippen MR) is 87.2 cm³/mol. The average Bonchev–Trinajstić information content (AvgIpc) is 2.65. The minimum absolute atomic E-state index is 0.438. The molecule has 0 bridgehead atoms. The first-order chi connectivity index (χ1) is 9.42. The van der Waals surface area contributed by atoms with Gasteiger partial charge in [-0.25, -0.2) is 0 Å². The zero-order chi connectivity index (χ0) is 14.9. The summed E-state index contributed by atoms with van der Waals surface area (Å²) in [5.74, 6) is 1.65. The Morgan fingerprint density at radius 1 is 1.10 bits per heavy atom. The molecule has 0 saturated carbocycles. The fourth-order valence-corrected chi connectivity index (χ4v) is 3.72. The lowest BCUT2D eigenvalue weighted by atomic mass is 9.94. The van der Waals surface area contributed by atoms with Crippen molar-refractivity contribution in [1.29, 1.82) is 0 Å². The molecule has 1 saturated heterocycles. The molecule has 0 amide bonds. The van der Waals surface area contributed by atoms with E-state index >= 15 is 0 Å². The molecular weight excluding hydrogens is 244 g/mol. The molecule has 3 unspecified atom stereocenters. The summed E-state index contributed by atoms with van der Waals surface area (Å²) in [4.78, 5) is 2.62. The van der Waals surface area contributed by atoms with Crippen LogP contribution in [-0.2, 0) is 0 Å². The Bertz CT molecular complexity index is 433. The van der Waals surface area contributed by atoms with Crippen molar-refractivity contribution in [3.63, 3.8) is 0 Å². The van der Waals surface area contributed by atoms with E-state index in [4.69, 9.17) is 0 Å². The van der Waals surface area contributed by atoms with Crippen LogP contribution < -0.4 is 5.32 Å². The average molecular weight is 274 g/mol. The molecule has 1 aromatic rings. The van der Waals surface area contributed by atoms with Crippen LogP contribution in [0.5, 0.6) is 0 Å². The summed E-state index contributed by atoms with van der Waals surface area (Å²) in [5.41, 5.74) is 5.69. The normalized spacial score (nSPS) is 25.1. The molecule has 1 aromatic carbocycles. The van der Waals surface area contributed by atoms with Crippen LogP contribution in [0.3, 0.4) is 0 Å². The highest BCUT2D eigenvalue weighted by Gasteiger charge is 2.28. The van der Waals surface area contributed by atoms with Gasteiger partial charge in [-0.15, -0.1) is 0 Å². The smallest absolute Gasteiger partial charge is 0.0452 e. The Hall–Kier alpha value is -0.860. The van der Waals surface area contributed by atoms with E-state index in [0.717, 1.165) is 18.4 Å². The largest absolute Gasteiger partial charge is 0.312 e. The van der Waals surface area contributed by atoms with Crippen molar-refractivity contribution in [3.8, 4) is 0 Å². The van der Waals surface area contributed by atoms with Crippen molar-refractivity contribution >= 4 is 0 Å². The van der Waals surface area contributed by atoms with Gasteiger partial charge in [0.1, 0.15) is 0 Å². The van der Waals surface area contributed by atoms with Crippen LogP contribution in [0.25, 0.3) is 0 Å². The second-order valence-electron chi connectivity index (χ2n) is 6.83. The lowest BCUT2D eigenvalue weighted by molar-refractivity contribution is 0.287. The van der Waals surface area contributed by atoms with Gasteiger partial charge < -0.3 is 10.2 Å². The summed E-state index contributed by atoms with van der Waals surface area (Å²) in [7, 11) is 2.09. The number of likely N-dealkylation sites (N-methyl/N-ethyl adjacent to an activating group) is 1. The summed E-state index contributed by atoms with van der Waals surface area (Å²) in [6.45, 7) is 15.0. The summed E-state index contributed by atoms with van der Waals surface area (Å²) < 4.78 is 0. The molecule has 0 aliphatic carbocycles. The van der Waals surface area contributed by atoms with E-state index in [1.165, 1.54) is 35.3 Å². The van der Waals surface area contributed by atoms with E-state index in [0.29, 0.717) is 6.04 Å². The Labute approximate surface area is 124 Å². The maximum atomic E-state index is 3.53. The zero-order valence-corrected chi connectivity index (χ0v) is 14.0. The van der Waals surface area contributed by atoms with Gasteiger partial charge in [0.05, 0.1) is 0 Å². The predicted octanol–water partition coefficient (Wildman–Crippen LogP) is 3.46. The fourth-order valence-electron chi connectivity index (χ4n) is 3.72. The van der Waals surface area contributed by atoms with E-state index in [1.807, 2.05) is 0 Å². The van der Waals surface area contributed by atoms with E-state index in [1.54, 1.807) is 0 Å². The third kappa shape index (κ3) is 3.24. The van der Waals surface area contributed by atoms with Crippen molar-refractivity contribution in [2.45, 2.75) is 40.7 Å². The summed E-state index contributed by atoms with van der Waals surface area (Å²) >= 11 is 0. The van der Waals surface area contributed by atoms with Crippen molar-refractivity contribution < 1.29 is 0 Å². The number of hydrogen-bond acceptors (Lipinski definition) is 2. The molecule has 0 radical (unpaired) electrons. The second kappa shape index (κ2) is 6.28. The molecule has 0 spiro atoms. The quantitative estimate of drug-likeness (QED) is 0.904. The van der Waals surface area contributed by atoms with Gasteiger partial charge in [0.15, 0.2) is 0 Å².